The minimum atomic E-state index is -0.0257. The Morgan fingerprint density at radius 2 is 1.72 bits per heavy atom. The van der Waals surface area contributed by atoms with Crippen LogP contribution in [0.5, 0.6) is 0 Å². The number of halogens is 2. The second-order valence-electron chi connectivity index (χ2n) is 7.40. The number of nitrogens with one attached hydrogen (secondary N) is 1. The molecule has 0 saturated heterocycles. The van der Waals surface area contributed by atoms with E-state index in [1.807, 2.05) is 13.0 Å². The molecule has 4 heteroatoms. The summed E-state index contributed by atoms with van der Waals surface area (Å²) in [6.07, 6.45) is 0.989. The lowest BCUT2D eigenvalue weighted by molar-refractivity contribution is -0.121. The van der Waals surface area contributed by atoms with Crippen molar-refractivity contribution in [1.29, 1.82) is 0 Å². The Bertz CT molecular complexity index is 733. The number of hydrogen-bond acceptors (Lipinski definition) is 1. The number of carbonyl (C=O) groups excluding carboxylic acids is 1. The van der Waals surface area contributed by atoms with Crippen molar-refractivity contribution in [3.05, 3.63) is 69.2 Å². The Labute approximate surface area is 160 Å². The summed E-state index contributed by atoms with van der Waals surface area (Å²) in [4.78, 5) is 12.2. The molecule has 1 N–H and O–H groups in total. The normalized spacial score (nSPS) is 12.7. The maximum atomic E-state index is 12.2. The molecule has 0 aliphatic heterocycles. The third-order valence-corrected chi connectivity index (χ3v) is 4.88. The highest BCUT2D eigenvalue weighted by Gasteiger charge is 2.15. The van der Waals surface area contributed by atoms with Crippen molar-refractivity contribution < 1.29 is 4.79 Å². The molecule has 0 unspecified atom stereocenters. The molecule has 1 amide bonds. The van der Waals surface area contributed by atoms with Crippen molar-refractivity contribution in [2.75, 3.05) is 0 Å². The van der Waals surface area contributed by atoms with Gasteiger partial charge in [0.1, 0.15) is 0 Å². The molecule has 0 bridgehead atoms. The van der Waals surface area contributed by atoms with Crippen LogP contribution in [-0.4, -0.2) is 5.91 Å². The van der Waals surface area contributed by atoms with Crippen molar-refractivity contribution in [2.24, 2.45) is 0 Å². The number of aryl methyl sites for hydroxylation is 1. The Morgan fingerprint density at radius 3 is 2.28 bits per heavy atom. The van der Waals surface area contributed by atoms with Gasteiger partial charge in [-0.1, -0.05) is 74.3 Å². The molecule has 0 aliphatic carbocycles. The zero-order chi connectivity index (χ0) is 18.6. The maximum Gasteiger partial charge on any atom is 0.220 e. The maximum absolute atomic E-state index is 12.2. The highest BCUT2D eigenvalue weighted by Crippen LogP contribution is 2.24. The van der Waals surface area contributed by atoms with E-state index in [-0.39, 0.29) is 17.4 Å². The van der Waals surface area contributed by atoms with Gasteiger partial charge in [-0.2, -0.15) is 0 Å². The average Bonchev–Trinajstić information content (AvgIpc) is 2.53. The molecule has 0 fully saturated rings. The van der Waals surface area contributed by atoms with Crippen LogP contribution in [0.3, 0.4) is 0 Å². The highest BCUT2D eigenvalue weighted by atomic mass is 35.5. The average molecular weight is 378 g/mol. The second-order valence-corrected chi connectivity index (χ2v) is 8.24. The fourth-order valence-electron chi connectivity index (χ4n) is 2.64. The lowest BCUT2D eigenvalue weighted by Gasteiger charge is -2.20. The lowest BCUT2D eigenvalue weighted by Crippen LogP contribution is -2.27. The summed E-state index contributed by atoms with van der Waals surface area (Å²) >= 11 is 12.0. The third kappa shape index (κ3) is 5.76. The van der Waals surface area contributed by atoms with Crippen molar-refractivity contribution >= 4 is 29.1 Å². The van der Waals surface area contributed by atoms with Gasteiger partial charge in [-0.15, -0.1) is 0 Å². The largest absolute Gasteiger partial charge is 0.350 e. The van der Waals surface area contributed by atoms with E-state index < -0.39 is 0 Å². The van der Waals surface area contributed by atoms with Crippen LogP contribution in [0.15, 0.2) is 42.5 Å². The molecule has 0 radical (unpaired) electrons. The molecular weight excluding hydrogens is 353 g/mol. The van der Waals surface area contributed by atoms with Gasteiger partial charge in [0.15, 0.2) is 0 Å². The predicted octanol–water partition coefficient (Wildman–Crippen LogP) is 6.10. The number of benzene rings is 2. The van der Waals surface area contributed by atoms with Crippen LogP contribution in [0.2, 0.25) is 10.0 Å². The summed E-state index contributed by atoms with van der Waals surface area (Å²) in [6, 6.07) is 13.8. The smallest absolute Gasteiger partial charge is 0.220 e. The highest BCUT2D eigenvalue weighted by molar-refractivity contribution is 6.35. The minimum absolute atomic E-state index is 0.0124. The van der Waals surface area contributed by atoms with E-state index in [2.05, 4.69) is 50.4 Å². The molecule has 134 valence electrons. The van der Waals surface area contributed by atoms with Crippen LogP contribution < -0.4 is 5.32 Å². The molecule has 1 atom stereocenters. The van der Waals surface area contributed by atoms with Gasteiger partial charge in [-0.3, -0.25) is 4.79 Å². The Hall–Kier alpha value is -1.51. The standard InChI is InChI=1S/C21H25Cl2NO/c1-14(15-5-9-17(10-6-15)21(2,3)4)24-20(25)12-8-16-7-11-18(22)13-19(16)23/h5-7,9-11,13-14H,8,12H2,1-4H3,(H,24,25)/t14-/m1/s1. The van der Waals surface area contributed by atoms with E-state index in [0.29, 0.717) is 22.9 Å². The van der Waals surface area contributed by atoms with Crippen molar-refractivity contribution in [3.63, 3.8) is 0 Å². The summed E-state index contributed by atoms with van der Waals surface area (Å²) in [5, 5.41) is 4.25. The van der Waals surface area contributed by atoms with Gasteiger partial charge in [0, 0.05) is 16.5 Å². The minimum Gasteiger partial charge on any atom is -0.350 e. The quantitative estimate of drug-likeness (QED) is 0.669. The summed E-state index contributed by atoms with van der Waals surface area (Å²) in [5.41, 5.74) is 3.45. The number of rotatable bonds is 5. The Balaban J connectivity index is 1.91. The molecule has 0 heterocycles. The van der Waals surface area contributed by atoms with Crippen molar-refractivity contribution in [2.45, 2.75) is 52.0 Å². The van der Waals surface area contributed by atoms with Crippen LogP contribution in [-0.2, 0) is 16.6 Å². The van der Waals surface area contributed by atoms with Crippen LogP contribution in [0, 0.1) is 0 Å². The monoisotopic (exact) mass is 377 g/mol. The number of carbonyl (C=O) groups is 1. The zero-order valence-corrected chi connectivity index (χ0v) is 16.7. The van der Waals surface area contributed by atoms with Crippen molar-refractivity contribution in [1.82, 2.24) is 5.32 Å². The SMILES string of the molecule is C[C@@H](NC(=O)CCc1ccc(Cl)cc1Cl)c1ccc(C(C)(C)C)cc1. The number of hydrogen-bond donors (Lipinski definition) is 1. The van der Waals surface area contributed by atoms with Crippen LogP contribution in [0.25, 0.3) is 0 Å². The molecule has 25 heavy (non-hydrogen) atoms. The van der Waals surface area contributed by atoms with E-state index in [0.717, 1.165) is 11.1 Å². The molecular formula is C21H25Cl2NO. The van der Waals surface area contributed by atoms with Gasteiger partial charge in [0.25, 0.3) is 0 Å². The predicted molar refractivity (Wildman–Crippen MR) is 106 cm³/mol. The van der Waals surface area contributed by atoms with E-state index in [1.165, 1.54) is 5.56 Å². The summed E-state index contributed by atoms with van der Waals surface area (Å²) in [7, 11) is 0. The topological polar surface area (TPSA) is 29.1 Å². The molecule has 0 saturated carbocycles. The van der Waals surface area contributed by atoms with Crippen LogP contribution in [0.4, 0.5) is 0 Å². The number of amides is 1. The molecule has 2 aromatic carbocycles. The first-order valence-electron chi connectivity index (χ1n) is 8.50. The van der Waals surface area contributed by atoms with Crippen LogP contribution in [0.1, 0.15) is 56.8 Å². The molecule has 0 aliphatic rings. The van der Waals surface area contributed by atoms with E-state index >= 15 is 0 Å². The molecule has 2 rings (SSSR count). The van der Waals surface area contributed by atoms with Crippen molar-refractivity contribution in [3.8, 4) is 0 Å². The first-order chi connectivity index (χ1) is 11.7. The van der Waals surface area contributed by atoms with Gasteiger partial charge in [0.2, 0.25) is 5.91 Å². The van der Waals surface area contributed by atoms with Gasteiger partial charge >= 0.3 is 0 Å². The fraction of sp³-hybridized carbons (Fsp3) is 0.381. The van der Waals surface area contributed by atoms with E-state index in [9.17, 15) is 4.79 Å². The molecule has 2 nitrogen and oxygen atoms in total. The summed E-state index contributed by atoms with van der Waals surface area (Å²) < 4.78 is 0. The summed E-state index contributed by atoms with van der Waals surface area (Å²) in [6.45, 7) is 8.57. The first kappa shape index (κ1) is 19.8. The van der Waals surface area contributed by atoms with Gasteiger partial charge in [0.05, 0.1) is 6.04 Å². The zero-order valence-electron chi connectivity index (χ0n) is 15.2. The second kappa shape index (κ2) is 8.25. The van der Waals surface area contributed by atoms with Gasteiger partial charge in [-0.25, -0.2) is 0 Å². The van der Waals surface area contributed by atoms with E-state index in [4.69, 9.17) is 23.2 Å². The summed E-state index contributed by atoms with van der Waals surface area (Å²) in [5.74, 6) is 0.0124. The fourth-order valence-corrected chi connectivity index (χ4v) is 3.14. The third-order valence-electron chi connectivity index (χ3n) is 4.29. The van der Waals surface area contributed by atoms with Crippen LogP contribution >= 0.6 is 23.2 Å². The molecule has 0 aromatic heterocycles. The first-order valence-corrected chi connectivity index (χ1v) is 9.26. The molecule has 0 spiro atoms. The van der Waals surface area contributed by atoms with E-state index in [1.54, 1.807) is 12.1 Å². The van der Waals surface area contributed by atoms with Gasteiger partial charge in [-0.05, 0) is 47.6 Å². The Morgan fingerprint density at radius 1 is 1.08 bits per heavy atom. The Kier molecular flexibility index (Phi) is 6.53. The lowest BCUT2D eigenvalue weighted by atomic mass is 9.86. The van der Waals surface area contributed by atoms with Gasteiger partial charge < -0.3 is 5.32 Å². The molecule has 2 aromatic rings.